The molecule has 3 heterocycles. The zero-order chi connectivity index (χ0) is 18.8. The van der Waals surface area contributed by atoms with Gasteiger partial charge in [-0.1, -0.05) is 13.8 Å². The van der Waals surface area contributed by atoms with E-state index in [4.69, 9.17) is 4.74 Å². The van der Waals surface area contributed by atoms with Gasteiger partial charge in [0.1, 0.15) is 17.6 Å². The van der Waals surface area contributed by atoms with Crippen molar-refractivity contribution in [2.24, 2.45) is 0 Å². The quantitative estimate of drug-likeness (QED) is 0.896. The Morgan fingerprint density at radius 3 is 2.85 bits per heavy atom. The van der Waals surface area contributed by atoms with Gasteiger partial charge in [-0.3, -0.25) is 14.3 Å². The molecule has 8 nitrogen and oxygen atoms in total. The number of aromatic amines is 1. The summed E-state index contributed by atoms with van der Waals surface area (Å²) in [5.74, 6) is 0.641. The van der Waals surface area contributed by atoms with Gasteiger partial charge in [0.2, 0.25) is 0 Å². The molecule has 0 saturated carbocycles. The van der Waals surface area contributed by atoms with Crippen LogP contribution in [0, 0.1) is 6.92 Å². The predicted octanol–water partition coefficient (Wildman–Crippen LogP) is 1.63. The second kappa shape index (κ2) is 7.41. The minimum atomic E-state index is -0.442. The molecule has 0 aromatic carbocycles. The molecule has 1 saturated heterocycles. The number of nitrogens with one attached hydrogen (secondary N) is 1. The van der Waals surface area contributed by atoms with Crippen molar-refractivity contribution in [1.29, 1.82) is 0 Å². The van der Waals surface area contributed by atoms with Crippen LogP contribution >= 0.6 is 0 Å². The number of ether oxygens (including phenoxy) is 1. The first kappa shape index (κ1) is 18.3. The lowest BCUT2D eigenvalue weighted by atomic mass is 10.1. The highest BCUT2D eigenvalue weighted by Crippen LogP contribution is 2.22. The van der Waals surface area contributed by atoms with Gasteiger partial charge < -0.3 is 14.6 Å². The molecule has 1 amide bonds. The molecule has 0 radical (unpaired) electrons. The van der Waals surface area contributed by atoms with Crippen molar-refractivity contribution in [2.45, 2.75) is 46.3 Å². The van der Waals surface area contributed by atoms with E-state index in [9.17, 15) is 9.59 Å². The van der Waals surface area contributed by atoms with E-state index in [0.717, 1.165) is 5.69 Å². The van der Waals surface area contributed by atoms with E-state index in [0.29, 0.717) is 43.5 Å². The molecule has 0 aliphatic carbocycles. The van der Waals surface area contributed by atoms with Crippen molar-refractivity contribution in [1.82, 2.24) is 24.6 Å². The van der Waals surface area contributed by atoms with Gasteiger partial charge in [0.05, 0.1) is 18.8 Å². The number of H-pyrrole nitrogens is 1. The Morgan fingerprint density at radius 1 is 1.42 bits per heavy atom. The Hall–Kier alpha value is -2.48. The molecule has 26 heavy (non-hydrogen) atoms. The van der Waals surface area contributed by atoms with Crippen LogP contribution in [0.4, 0.5) is 0 Å². The third-order valence-electron chi connectivity index (χ3n) is 4.46. The first-order valence-corrected chi connectivity index (χ1v) is 8.95. The van der Waals surface area contributed by atoms with Crippen LogP contribution in [-0.4, -0.2) is 50.3 Å². The summed E-state index contributed by atoms with van der Waals surface area (Å²) in [6.07, 6.45) is -0.442. The molecule has 2 aromatic heterocycles. The highest BCUT2D eigenvalue weighted by atomic mass is 16.5. The van der Waals surface area contributed by atoms with E-state index in [1.807, 2.05) is 13.0 Å². The Bertz CT molecular complexity index is 855. The summed E-state index contributed by atoms with van der Waals surface area (Å²) in [6.45, 7) is 9.71. The van der Waals surface area contributed by atoms with E-state index >= 15 is 0 Å². The number of carbonyl (C=O) groups is 1. The smallest absolute Gasteiger partial charge is 0.272 e. The zero-order valence-corrected chi connectivity index (χ0v) is 15.7. The third kappa shape index (κ3) is 3.70. The SMILES string of the molecule is CCn1nc(C(C)C)cc1C(=O)N1CCO[C@H](c2nc(C)cc(=O)[nH]2)C1. The van der Waals surface area contributed by atoms with Crippen LogP contribution in [0.1, 0.15) is 60.5 Å². The summed E-state index contributed by atoms with van der Waals surface area (Å²) in [4.78, 5) is 33.5. The molecule has 140 valence electrons. The molecule has 2 aromatic rings. The monoisotopic (exact) mass is 359 g/mol. The number of morpholine rings is 1. The molecule has 1 aliphatic heterocycles. The van der Waals surface area contributed by atoms with E-state index in [2.05, 4.69) is 28.9 Å². The topological polar surface area (TPSA) is 93.1 Å². The van der Waals surface area contributed by atoms with Crippen molar-refractivity contribution in [2.75, 3.05) is 19.7 Å². The molecular weight excluding hydrogens is 334 g/mol. The van der Waals surface area contributed by atoms with Crippen LogP contribution in [-0.2, 0) is 11.3 Å². The fraction of sp³-hybridized carbons (Fsp3) is 0.556. The molecule has 3 rings (SSSR count). The van der Waals surface area contributed by atoms with Crippen LogP contribution in [0.5, 0.6) is 0 Å². The number of rotatable bonds is 4. The number of hydrogen-bond donors (Lipinski definition) is 1. The normalized spacial score (nSPS) is 17.7. The number of nitrogens with zero attached hydrogens (tertiary/aromatic N) is 4. The Balaban J connectivity index is 1.83. The molecule has 1 aliphatic rings. The highest BCUT2D eigenvalue weighted by molar-refractivity contribution is 5.92. The van der Waals surface area contributed by atoms with Crippen LogP contribution in [0.2, 0.25) is 0 Å². The van der Waals surface area contributed by atoms with Crippen molar-refractivity contribution in [3.05, 3.63) is 45.4 Å². The summed E-state index contributed by atoms with van der Waals surface area (Å²) in [5.41, 5.74) is 1.90. The first-order valence-electron chi connectivity index (χ1n) is 8.95. The van der Waals surface area contributed by atoms with Crippen molar-refractivity contribution >= 4 is 5.91 Å². The number of aryl methyl sites for hydroxylation is 2. The van der Waals surface area contributed by atoms with Gasteiger partial charge in [-0.25, -0.2) is 4.98 Å². The number of amides is 1. The van der Waals surface area contributed by atoms with Gasteiger partial charge in [-0.2, -0.15) is 5.10 Å². The molecule has 8 heteroatoms. The Kier molecular flexibility index (Phi) is 5.22. The maximum absolute atomic E-state index is 13.0. The Labute approximate surface area is 152 Å². The lowest BCUT2D eigenvalue weighted by Gasteiger charge is -2.32. The number of hydrogen-bond acceptors (Lipinski definition) is 5. The van der Waals surface area contributed by atoms with Crippen LogP contribution in [0.25, 0.3) is 0 Å². The summed E-state index contributed by atoms with van der Waals surface area (Å²) < 4.78 is 7.49. The largest absolute Gasteiger partial charge is 0.367 e. The zero-order valence-electron chi connectivity index (χ0n) is 15.7. The molecular formula is C18H25N5O3. The lowest BCUT2D eigenvalue weighted by Crippen LogP contribution is -2.43. The minimum Gasteiger partial charge on any atom is -0.367 e. The summed E-state index contributed by atoms with van der Waals surface area (Å²) in [5, 5.41) is 4.52. The van der Waals surface area contributed by atoms with Crippen molar-refractivity contribution in [3.63, 3.8) is 0 Å². The summed E-state index contributed by atoms with van der Waals surface area (Å²) >= 11 is 0. The predicted molar refractivity (Wildman–Crippen MR) is 96.2 cm³/mol. The third-order valence-corrected chi connectivity index (χ3v) is 4.46. The molecule has 1 N–H and O–H groups in total. The lowest BCUT2D eigenvalue weighted by molar-refractivity contribution is -0.0273. The molecule has 1 fully saturated rings. The number of carbonyl (C=O) groups excluding carboxylic acids is 1. The first-order chi connectivity index (χ1) is 12.4. The fourth-order valence-corrected chi connectivity index (χ4v) is 3.05. The van der Waals surface area contributed by atoms with E-state index in [1.165, 1.54) is 6.07 Å². The van der Waals surface area contributed by atoms with E-state index < -0.39 is 6.10 Å². The van der Waals surface area contributed by atoms with Crippen LogP contribution < -0.4 is 5.56 Å². The van der Waals surface area contributed by atoms with E-state index in [1.54, 1.807) is 16.5 Å². The molecule has 0 unspecified atom stereocenters. The molecule has 1 atom stereocenters. The fourth-order valence-electron chi connectivity index (χ4n) is 3.05. The van der Waals surface area contributed by atoms with Crippen LogP contribution in [0.15, 0.2) is 16.9 Å². The van der Waals surface area contributed by atoms with Crippen molar-refractivity contribution < 1.29 is 9.53 Å². The van der Waals surface area contributed by atoms with Gasteiger partial charge in [-0.05, 0) is 25.8 Å². The van der Waals surface area contributed by atoms with Gasteiger partial charge in [0.15, 0.2) is 0 Å². The van der Waals surface area contributed by atoms with Crippen molar-refractivity contribution in [3.8, 4) is 0 Å². The van der Waals surface area contributed by atoms with Crippen LogP contribution in [0.3, 0.4) is 0 Å². The maximum atomic E-state index is 13.0. The standard InChI is InChI=1S/C18H25N5O3/c1-5-23-14(9-13(21-23)11(2)3)18(25)22-6-7-26-15(10-22)17-19-12(4)8-16(24)20-17/h8-9,11,15H,5-7,10H2,1-4H3,(H,19,20,24)/t15-/m0/s1. The van der Waals surface area contributed by atoms with Gasteiger partial charge >= 0.3 is 0 Å². The second-order valence-electron chi connectivity index (χ2n) is 6.81. The van der Waals surface area contributed by atoms with E-state index in [-0.39, 0.29) is 17.4 Å². The minimum absolute atomic E-state index is 0.0745. The molecule has 0 spiro atoms. The average Bonchev–Trinajstić information content (AvgIpc) is 3.05. The molecule has 0 bridgehead atoms. The highest BCUT2D eigenvalue weighted by Gasteiger charge is 2.29. The summed E-state index contributed by atoms with van der Waals surface area (Å²) in [6, 6.07) is 3.30. The van der Waals surface area contributed by atoms with Gasteiger partial charge in [-0.15, -0.1) is 0 Å². The maximum Gasteiger partial charge on any atom is 0.272 e. The van der Waals surface area contributed by atoms with Gasteiger partial charge in [0, 0.05) is 24.8 Å². The number of aromatic nitrogens is 4. The average molecular weight is 359 g/mol. The Morgan fingerprint density at radius 2 is 2.19 bits per heavy atom. The summed E-state index contributed by atoms with van der Waals surface area (Å²) in [7, 11) is 0. The second-order valence-corrected chi connectivity index (χ2v) is 6.81. The van der Waals surface area contributed by atoms with Gasteiger partial charge in [0.25, 0.3) is 11.5 Å².